The van der Waals surface area contributed by atoms with Gasteiger partial charge in [0.2, 0.25) is 0 Å². The summed E-state index contributed by atoms with van der Waals surface area (Å²) in [5.74, 6) is -1.39. The van der Waals surface area contributed by atoms with Gasteiger partial charge in [-0.2, -0.15) is 0 Å². The maximum Gasteiger partial charge on any atom is 0.305 e. The summed E-state index contributed by atoms with van der Waals surface area (Å²) in [7, 11) is 1.34. The Labute approximate surface area is 106 Å². The Morgan fingerprint density at radius 2 is 2.11 bits per heavy atom. The van der Waals surface area contributed by atoms with Crippen LogP contribution < -0.4 is 10.5 Å². The molecule has 0 amide bonds. The standard InChI is InChI=1S/C13H18FNO3/c1-7(2)8-4-9(11(15)6-12(16)17)13(18-3)10(14)5-8/h4-5,7,11H,6,15H2,1-3H3,(H,16,17). The number of rotatable bonds is 5. The molecule has 0 aliphatic heterocycles. The molecule has 1 aromatic rings. The summed E-state index contributed by atoms with van der Waals surface area (Å²) in [6, 6.07) is 2.31. The molecule has 0 saturated heterocycles. The molecule has 0 radical (unpaired) electrons. The van der Waals surface area contributed by atoms with E-state index >= 15 is 0 Å². The second-order valence-corrected chi connectivity index (χ2v) is 4.48. The van der Waals surface area contributed by atoms with Gasteiger partial charge in [-0.1, -0.05) is 19.9 Å². The fourth-order valence-electron chi connectivity index (χ4n) is 1.76. The van der Waals surface area contributed by atoms with E-state index < -0.39 is 17.8 Å². The van der Waals surface area contributed by atoms with Crippen molar-refractivity contribution in [2.45, 2.75) is 32.2 Å². The van der Waals surface area contributed by atoms with E-state index in [1.807, 2.05) is 13.8 Å². The largest absolute Gasteiger partial charge is 0.493 e. The maximum absolute atomic E-state index is 13.8. The number of halogens is 1. The van der Waals surface area contributed by atoms with Gasteiger partial charge in [0, 0.05) is 11.6 Å². The summed E-state index contributed by atoms with van der Waals surface area (Å²) >= 11 is 0. The molecule has 0 fully saturated rings. The third-order valence-corrected chi connectivity index (χ3v) is 2.76. The summed E-state index contributed by atoms with van der Waals surface area (Å²) in [5, 5.41) is 8.74. The second-order valence-electron chi connectivity index (χ2n) is 4.48. The first-order chi connectivity index (χ1) is 8.36. The number of carboxylic acids is 1. The molecular weight excluding hydrogens is 237 g/mol. The zero-order valence-corrected chi connectivity index (χ0v) is 10.7. The fourth-order valence-corrected chi connectivity index (χ4v) is 1.76. The van der Waals surface area contributed by atoms with Crippen molar-refractivity contribution in [2.24, 2.45) is 5.73 Å². The number of benzene rings is 1. The van der Waals surface area contributed by atoms with Crippen LogP contribution in [0.4, 0.5) is 4.39 Å². The van der Waals surface area contributed by atoms with Crippen LogP contribution in [0.15, 0.2) is 12.1 Å². The molecule has 1 unspecified atom stereocenters. The van der Waals surface area contributed by atoms with Crippen molar-refractivity contribution < 1.29 is 19.0 Å². The lowest BCUT2D eigenvalue weighted by Gasteiger charge is -2.17. The van der Waals surface area contributed by atoms with Gasteiger partial charge in [0.15, 0.2) is 11.6 Å². The van der Waals surface area contributed by atoms with Gasteiger partial charge < -0.3 is 15.6 Å². The average Bonchev–Trinajstić information content (AvgIpc) is 2.26. The number of hydrogen-bond donors (Lipinski definition) is 2. The molecule has 1 rings (SSSR count). The fraction of sp³-hybridized carbons (Fsp3) is 0.462. The van der Waals surface area contributed by atoms with Crippen LogP contribution in [0.2, 0.25) is 0 Å². The van der Waals surface area contributed by atoms with Gasteiger partial charge in [-0.15, -0.1) is 0 Å². The van der Waals surface area contributed by atoms with Crippen LogP contribution in [0.3, 0.4) is 0 Å². The summed E-state index contributed by atoms with van der Waals surface area (Å²) in [5.41, 5.74) is 6.94. The summed E-state index contributed by atoms with van der Waals surface area (Å²) in [6.45, 7) is 3.85. The number of carboxylic acid groups (broad SMARTS) is 1. The van der Waals surface area contributed by atoms with E-state index in [0.717, 1.165) is 5.56 Å². The summed E-state index contributed by atoms with van der Waals surface area (Å²) in [4.78, 5) is 10.7. The monoisotopic (exact) mass is 255 g/mol. The summed E-state index contributed by atoms with van der Waals surface area (Å²) in [6.07, 6.45) is -0.267. The van der Waals surface area contributed by atoms with Gasteiger partial charge in [-0.05, 0) is 17.5 Å². The first-order valence-electron chi connectivity index (χ1n) is 5.71. The highest BCUT2D eigenvalue weighted by Gasteiger charge is 2.20. The third-order valence-electron chi connectivity index (χ3n) is 2.76. The van der Waals surface area contributed by atoms with Crippen LogP contribution in [0.25, 0.3) is 0 Å². The molecule has 0 saturated carbocycles. The smallest absolute Gasteiger partial charge is 0.305 e. The number of nitrogens with two attached hydrogens (primary N) is 1. The minimum absolute atomic E-state index is 0.0214. The van der Waals surface area contributed by atoms with Crippen LogP contribution in [-0.2, 0) is 4.79 Å². The molecule has 0 aliphatic carbocycles. The molecule has 100 valence electrons. The Hall–Kier alpha value is -1.62. The lowest BCUT2D eigenvalue weighted by molar-refractivity contribution is -0.137. The van der Waals surface area contributed by atoms with Gasteiger partial charge in [-0.3, -0.25) is 4.79 Å². The van der Waals surface area contributed by atoms with Crippen molar-refractivity contribution in [3.8, 4) is 5.75 Å². The molecule has 0 heterocycles. The normalized spacial score (nSPS) is 12.6. The minimum atomic E-state index is -1.03. The van der Waals surface area contributed by atoms with E-state index in [0.29, 0.717) is 5.56 Å². The van der Waals surface area contributed by atoms with Crippen LogP contribution >= 0.6 is 0 Å². The number of carbonyl (C=O) groups is 1. The van der Waals surface area contributed by atoms with Crippen molar-refractivity contribution >= 4 is 5.97 Å². The highest BCUT2D eigenvalue weighted by Crippen LogP contribution is 2.32. The maximum atomic E-state index is 13.8. The average molecular weight is 255 g/mol. The van der Waals surface area contributed by atoms with Crippen molar-refractivity contribution in [3.05, 3.63) is 29.1 Å². The molecule has 18 heavy (non-hydrogen) atoms. The third kappa shape index (κ3) is 3.20. The van der Waals surface area contributed by atoms with Gasteiger partial charge in [0.05, 0.1) is 13.5 Å². The molecule has 0 aliphatic rings. The highest BCUT2D eigenvalue weighted by molar-refractivity contribution is 5.68. The molecule has 0 bridgehead atoms. The quantitative estimate of drug-likeness (QED) is 0.847. The number of aliphatic carboxylic acids is 1. The van der Waals surface area contributed by atoms with E-state index in [2.05, 4.69) is 0 Å². The van der Waals surface area contributed by atoms with Crippen LogP contribution in [0.5, 0.6) is 5.75 Å². The number of ether oxygens (including phenoxy) is 1. The van der Waals surface area contributed by atoms with E-state index in [1.54, 1.807) is 6.07 Å². The van der Waals surface area contributed by atoms with E-state index in [-0.39, 0.29) is 18.1 Å². The first-order valence-corrected chi connectivity index (χ1v) is 5.71. The molecular formula is C13H18FNO3. The minimum Gasteiger partial charge on any atom is -0.493 e. The highest BCUT2D eigenvalue weighted by atomic mass is 19.1. The van der Waals surface area contributed by atoms with Crippen LogP contribution in [0.1, 0.15) is 43.4 Å². The molecule has 5 heteroatoms. The van der Waals surface area contributed by atoms with E-state index in [9.17, 15) is 9.18 Å². The van der Waals surface area contributed by atoms with Crippen LogP contribution in [-0.4, -0.2) is 18.2 Å². The Kier molecular flexibility index (Phi) is 4.67. The zero-order chi connectivity index (χ0) is 13.9. The molecule has 0 aromatic heterocycles. The first kappa shape index (κ1) is 14.4. The molecule has 0 spiro atoms. The molecule has 4 nitrogen and oxygen atoms in total. The topological polar surface area (TPSA) is 72.5 Å². The number of methoxy groups -OCH3 is 1. The van der Waals surface area contributed by atoms with Crippen LogP contribution in [0, 0.1) is 5.82 Å². The molecule has 1 atom stereocenters. The Balaban J connectivity index is 3.25. The summed E-state index contributed by atoms with van der Waals surface area (Å²) < 4.78 is 18.8. The molecule has 1 aromatic carbocycles. The van der Waals surface area contributed by atoms with Gasteiger partial charge >= 0.3 is 5.97 Å². The van der Waals surface area contributed by atoms with Gasteiger partial charge in [-0.25, -0.2) is 4.39 Å². The van der Waals surface area contributed by atoms with Gasteiger partial charge in [0.25, 0.3) is 0 Å². The second kappa shape index (κ2) is 5.82. The predicted molar refractivity (Wildman–Crippen MR) is 66.2 cm³/mol. The zero-order valence-electron chi connectivity index (χ0n) is 10.7. The van der Waals surface area contributed by atoms with E-state index in [4.69, 9.17) is 15.6 Å². The van der Waals surface area contributed by atoms with Gasteiger partial charge in [0.1, 0.15) is 0 Å². The Morgan fingerprint density at radius 3 is 2.56 bits per heavy atom. The van der Waals surface area contributed by atoms with Crippen molar-refractivity contribution in [1.82, 2.24) is 0 Å². The number of hydrogen-bond acceptors (Lipinski definition) is 3. The van der Waals surface area contributed by atoms with Crippen molar-refractivity contribution in [1.29, 1.82) is 0 Å². The molecule has 3 N–H and O–H groups in total. The lowest BCUT2D eigenvalue weighted by atomic mass is 9.95. The van der Waals surface area contributed by atoms with E-state index in [1.165, 1.54) is 13.2 Å². The Morgan fingerprint density at radius 1 is 1.50 bits per heavy atom. The van der Waals surface area contributed by atoms with Crippen molar-refractivity contribution in [3.63, 3.8) is 0 Å². The SMILES string of the molecule is COc1c(F)cc(C(C)C)cc1C(N)CC(=O)O. The Bertz CT molecular complexity index is 446. The van der Waals surface area contributed by atoms with Crippen molar-refractivity contribution in [2.75, 3.05) is 7.11 Å². The lowest BCUT2D eigenvalue weighted by Crippen LogP contribution is -2.17. The predicted octanol–water partition coefficient (Wildman–Crippen LogP) is 2.43.